The van der Waals surface area contributed by atoms with Crippen LogP contribution in [0.5, 0.6) is 0 Å². The molecule has 29 heavy (non-hydrogen) atoms. The number of sulfonamides is 1. The number of hydrogen-bond donors (Lipinski definition) is 1. The number of halogens is 1. The number of benzene rings is 1. The van der Waals surface area contributed by atoms with Gasteiger partial charge in [-0.3, -0.25) is 4.79 Å². The zero-order valence-electron chi connectivity index (χ0n) is 15.4. The molecule has 10 nitrogen and oxygen atoms in total. The lowest BCUT2D eigenvalue weighted by Gasteiger charge is -2.26. The van der Waals surface area contributed by atoms with Crippen LogP contribution in [0.2, 0.25) is 0 Å². The van der Waals surface area contributed by atoms with Crippen molar-refractivity contribution < 1.29 is 32.0 Å². The molecule has 1 amide bonds. The lowest BCUT2D eigenvalue weighted by Crippen LogP contribution is -2.40. The number of amides is 1. The molecule has 2 aromatic rings. The molecule has 0 spiro atoms. The normalized spacial score (nSPS) is 15.1. The van der Waals surface area contributed by atoms with Crippen molar-refractivity contribution in [3.05, 3.63) is 40.1 Å². The van der Waals surface area contributed by atoms with Crippen LogP contribution < -0.4 is 5.32 Å². The van der Waals surface area contributed by atoms with E-state index in [9.17, 15) is 18.0 Å². The largest absolute Gasteiger partial charge is 0.452 e. The maximum Gasteiger partial charge on any atom is 0.338 e. The van der Waals surface area contributed by atoms with Gasteiger partial charge >= 0.3 is 5.97 Å². The van der Waals surface area contributed by atoms with Crippen LogP contribution in [0.25, 0.3) is 0 Å². The first kappa shape index (κ1) is 21.4. The van der Waals surface area contributed by atoms with Crippen molar-refractivity contribution in [3.63, 3.8) is 0 Å². The average Bonchev–Trinajstić information content (AvgIpc) is 3.11. The predicted molar refractivity (Wildman–Crippen MR) is 104 cm³/mol. The first-order chi connectivity index (χ1) is 13.8. The molecule has 1 aromatic carbocycles. The van der Waals surface area contributed by atoms with Crippen molar-refractivity contribution in [1.82, 2.24) is 9.46 Å². The van der Waals surface area contributed by atoms with Crippen LogP contribution in [0.3, 0.4) is 0 Å². The average molecular weight is 488 g/mol. The quantitative estimate of drug-likeness (QED) is 0.607. The summed E-state index contributed by atoms with van der Waals surface area (Å²) in [5.74, 6) is -0.723. The fourth-order valence-electron chi connectivity index (χ4n) is 2.57. The van der Waals surface area contributed by atoms with Gasteiger partial charge in [0.25, 0.3) is 5.91 Å². The third kappa shape index (κ3) is 5.21. The topological polar surface area (TPSA) is 128 Å². The van der Waals surface area contributed by atoms with Gasteiger partial charge < -0.3 is 19.3 Å². The number of aromatic nitrogens is 1. The monoisotopic (exact) mass is 487 g/mol. The second kappa shape index (κ2) is 9.03. The van der Waals surface area contributed by atoms with E-state index in [2.05, 4.69) is 26.4 Å². The fourth-order valence-corrected chi connectivity index (χ4v) is 4.93. The molecule has 3 rings (SSSR count). The Labute approximate surface area is 175 Å². The number of esters is 1. The van der Waals surface area contributed by atoms with E-state index in [0.29, 0.717) is 23.4 Å². The Balaban J connectivity index is 1.68. The summed E-state index contributed by atoms with van der Waals surface area (Å²) in [5.41, 5.74) is 0.00474. The number of nitrogens with zero attached hydrogens (tertiary/aromatic N) is 2. The summed E-state index contributed by atoms with van der Waals surface area (Å²) in [7, 11) is -3.82. The smallest absolute Gasteiger partial charge is 0.338 e. The number of nitrogens with one attached hydrogen (secondary N) is 1. The number of ether oxygens (including phenoxy) is 2. The summed E-state index contributed by atoms with van der Waals surface area (Å²) in [6, 6.07) is 5.58. The van der Waals surface area contributed by atoms with Crippen molar-refractivity contribution in [2.75, 3.05) is 38.2 Å². The highest BCUT2D eigenvalue weighted by Crippen LogP contribution is 2.27. The number of aryl methyl sites for hydroxylation is 1. The van der Waals surface area contributed by atoms with Crippen molar-refractivity contribution in [1.29, 1.82) is 0 Å². The second-order valence-corrected chi connectivity index (χ2v) is 8.87. The van der Waals surface area contributed by atoms with Crippen LogP contribution >= 0.6 is 15.9 Å². The molecule has 2 heterocycles. The van der Waals surface area contributed by atoms with Crippen molar-refractivity contribution >= 4 is 43.6 Å². The van der Waals surface area contributed by atoms with Crippen LogP contribution in [-0.4, -0.2) is 62.7 Å². The van der Waals surface area contributed by atoms with Gasteiger partial charge in [0.1, 0.15) is 5.76 Å². The van der Waals surface area contributed by atoms with Crippen molar-refractivity contribution in [2.24, 2.45) is 0 Å². The Morgan fingerprint density at radius 1 is 1.28 bits per heavy atom. The molecule has 1 aliphatic heterocycles. The van der Waals surface area contributed by atoms with Gasteiger partial charge in [0.15, 0.2) is 12.4 Å². The molecular weight excluding hydrogens is 470 g/mol. The summed E-state index contributed by atoms with van der Waals surface area (Å²) >= 11 is 3.21. The Hall–Kier alpha value is -2.28. The number of carbonyl (C=O) groups is 2. The van der Waals surface area contributed by atoms with E-state index in [1.165, 1.54) is 28.6 Å². The molecule has 0 atom stereocenters. The molecule has 156 valence electrons. The highest BCUT2D eigenvalue weighted by Gasteiger charge is 2.29. The molecule has 1 aromatic heterocycles. The molecule has 0 aliphatic carbocycles. The van der Waals surface area contributed by atoms with Crippen molar-refractivity contribution in [3.8, 4) is 0 Å². The molecule has 0 radical (unpaired) electrons. The third-order valence-corrected chi connectivity index (χ3v) is 6.88. The lowest BCUT2D eigenvalue weighted by molar-refractivity contribution is -0.119. The molecule has 0 unspecified atom stereocenters. The Kier molecular flexibility index (Phi) is 6.67. The van der Waals surface area contributed by atoms with E-state index in [-0.39, 0.29) is 29.4 Å². The van der Waals surface area contributed by atoms with Gasteiger partial charge in [-0.05, 0) is 41.1 Å². The highest BCUT2D eigenvalue weighted by atomic mass is 79.9. The maximum absolute atomic E-state index is 12.9. The van der Waals surface area contributed by atoms with Crippen LogP contribution in [0.1, 0.15) is 16.1 Å². The van der Waals surface area contributed by atoms with E-state index in [0.717, 1.165) is 0 Å². The van der Waals surface area contributed by atoms with Crippen molar-refractivity contribution in [2.45, 2.75) is 11.8 Å². The molecule has 1 saturated heterocycles. The van der Waals surface area contributed by atoms with E-state index < -0.39 is 28.5 Å². The molecule has 0 saturated carbocycles. The third-order valence-electron chi connectivity index (χ3n) is 3.98. The van der Waals surface area contributed by atoms with Crippen LogP contribution in [-0.2, 0) is 24.3 Å². The Morgan fingerprint density at radius 3 is 2.66 bits per heavy atom. The van der Waals surface area contributed by atoms with Gasteiger partial charge in [0.05, 0.1) is 23.7 Å². The van der Waals surface area contributed by atoms with E-state index in [1.54, 1.807) is 6.92 Å². The molecule has 1 fully saturated rings. The molecule has 1 aliphatic rings. The van der Waals surface area contributed by atoms with Gasteiger partial charge in [-0.15, -0.1) is 0 Å². The summed E-state index contributed by atoms with van der Waals surface area (Å²) in [5, 5.41) is 6.02. The number of rotatable bonds is 6. The standard InChI is InChI=1S/C17H18BrN3O7S/c1-11-8-15(20-28-11)19-16(22)10-27-17(23)12-2-3-13(18)14(9-12)29(24,25)21-4-6-26-7-5-21/h2-3,8-9H,4-7,10H2,1H3,(H,19,20,22). The van der Waals surface area contributed by atoms with Gasteiger partial charge in [-0.25, -0.2) is 13.2 Å². The van der Waals surface area contributed by atoms with Crippen LogP contribution in [0, 0.1) is 6.92 Å². The van der Waals surface area contributed by atoms with E-state index in [4.69, 9.17) is 14.0 Å². The molecule has 12 heteroatoms. The Morgan fingerprint density at radius 2 is 2.00 bits per heavy atom. The molecular formula is C17H18BrN3O7S. The van der Waals surface area contributed by atoms with Crippen LogP contribution in [0.15, 0.2) is 38.2 Å². The van der Waals surface area contributed by atoms with Gasteiger partial charge in [0, 0.05) is 23.6 Å². The van der Waals surface area contributed by atoms with Gasteiger partial charge in [0.2, 0.25) is 10.0 Å². The minimum absolute atomic E-state index is 0.00474. The zero-order valence-corrected chi connectivity index (χ0v) is 17.8. The zero-order chi connectivity index (χ0) is 21.0. The number of anilines is 1. The molecule has 1 N–H and O–H groups in total. The highest BCUT2D eigenvalue weighted by molar-refractivity contribution is 9.10. The summed E-state index contributed by atoms with van der Waals surface area (Å²) in [6.07, 6.45) is 0. The van der Waals surface area contributed by atoms with E-state index in [1.807, 2.05) is 0 Å². The maximum atomic E-state index is 12.9. The summed E-state index contributed by atoms with van der Waals surface area (Å²) in [6.45, 7) is 2.17. The second-order valence-electron chi connectivity index (χ2n) is 6.11. The van der Waals surface area contributed by atoms with Gasteiger partial charge in [-0.1, -0.05) is 5.16 Å². The molecule has 0 bridgehead atoms. The first-order valence-corrected chi connectivity index (χ1v) is 10.8. The predicted octanol–water partition coefficient (Wildman–Crippen LogP) is 1.56. The number of morpholine rings is 1. The Bertz CT molecular complexity index is 1020. The van der Waals surface area contributed by atoms with Crippen LogP contribution in [0.4, 0.5) is 5.82 Å². The lowest BCUT2D eigenvalue weighted by atomic mass is 10.2. The number of hydrogen-bond acceptors (Lipinski definition) is 8. The fraction of sp³-hybridized carbons (Fsp3) is 0.353. The minimum atomic E-state index is -3.82. The SMILES string of the molecule is Cc1cc(NC(=O)COC(=O)c2ccc(Br)c(S(=O)(=O)N3CCOCC3)c2)no1. The summed E-state index contributed by atoms with van der Waals surface area (Å²) < 4.78 is 42.3. The minimum Gasteiger partial charge on any atom is -0.452 e. The summed E-state index contributed by atoms with van der Waals surface area (Å²) in [4.78, 5) is 24.1. The first-order valence-electron chi connectivity index (χ1n) is 8.55. The van der Waals surface area contributed by atoms with E-state index >= 15 is 0 Å². The van der Waals surface area contributed by atoms with Gasteiger partial charge in [-0.2, -0.15) is 4.31 Å². The number of carbonyl (C=O) groups excluding carboxylic acids is 2.